The molecule has 74 valence electrons. The fourth-order valence-electron chi connectivity index (χ4n) is 1.10. The highest BCUT2D eigenvalue weighted by atomic mass is 35.5. The van der Waals surface area contributed by atoms with Gasteiger partial charge in [0.2, 0.25) is 0 Å². The van der Waals surface area contributed by atoms with Gasteiger partial charge in [0, 0.05) is 0 Å². The quantitative estimate of drug-likeness (QED) is 0.601. The van der Waals surface area contributed by atoms with E-state index in [0.29, 0.717) is 5.75 Å². The summed E-state index contributed by atoms with van der Waals surface area (Å²) < 4.78 is 10.1. The zero-order valence-electron chi connectivity index (χ0n) is 7.14. The van der Waals surface area contributed by atoms with Gasteiger partial charge in [-0.05, 0) is 12.1 Å². The molecule has 1 fully saturated rings. The molecule has 1 heterocycles. The molecular weight excluding hydrogens is 206 g/mol. The molecule has 0 aliphatic carbocycles. The molecule has 0 radical (unpaired) electrons. The minimum atomic E-state index is -0.772. The van der Waals surface area contributed by atoms with Gasteiger partial charge in [-0.25, -0.2) is 4.79 Å². The molecule has 2 rings (SSSR count). The molecule has 1 aromatic carbocycles. The first-order valence-electron chi connectivity index (χ1n) is 4.08. The third kappa shape index (κ3) is 1.90. The van der Waals surface area contributed by atoms with E-state index in [4.69, 9.17) is 21.1 Å². The first-order valence-corrected chi connectivity index (χ1v) is 4.52. The molecule has 1 amide bonds. The Bertz CT molecular complexity index is 330. The Hall–Kier alpha value is -1.42. The number of ether oxygens (including phenoxy) is 2. The van der Waals surface area contributed by atoms with Crippen LogP contribution >= 0.6 is 11.6 Å². The second kappa shape index (κ2) is 3.75. The number of hydrogen-bond donors (Lipinski definition) is 1. The summed E-state index contributed by atoms with van der Waals surface area (Å²) in [7, 11) is 0. The van der Waals surface area contributed by atoms with Crippen molar-refractivity contribution in [1.29, 1.82) is 0 Å². The van der Waals surface area contributed by atoms with Gasteiger partial charge in [0.25, 0.3) is 6.29 Å². The van der Waals surface area contributed by atoms with Gasteiger partial charge in [0.15, 0.2) is 5.50 Å². The number of cyclic esters (lactones) is 1. The number of para-hydroxylation sites is 1. The standard InChI is InChI=1S/C9H8ClNO3/c10-7-8(14-9(12)11-7)13-6-4-2-1-3-5-6/h1-5,7-8H,(H,11,12). The first-order chi connectivity index (χ1) is 6.75. The number of halogens is 1. The van der Waals surface area contributed by atoms with Gasteiger partial charge in [-0.15, -0.1) is 0 Å². The van der Waals surface area contributed by atoms with E-state index in [1.54, 1.807) is 12.1 Å². The lowest BCUT2D eigenvalue weighted by Gasteiger charge is -2.13. The van der Waals surface area contributed by atoms with Crippen LogP contribution in [0.2, 0.25) is 0 Å². The highest BCUT2D eigenvalue weighted by Crippen LogP contribution is 2.18. The highest BCUT2D eigenvalue weighted by Gasteiger charge is 2.34. The van der Waals surface area contributed by atoms with Crippen LogP contribution in [0.3, 0.4) is 0 Å². The van der Waals surface area contributed by atoms with Crippen molar-refractivity contribution in [1.82, 2.24) is 5.32 Å². The van der Waals surface area contributed by atoms with Crippen LogP contribution in [0.1, 0.15) is 0 Å². The fraction of sp³-hybridized carbons (Fsp3) is 0.222. The highest BCUT2D eigenvalue weighted by molar-refractivity contribution is 6.22. The smallest absolute Gasteiger partial charge is 0.411 e. The Morgan fingerprint density at radius 1 is 1.36 bits per heavy atom. The lowest BCUT2D eigenvalue weighted by atomic mass is 10.3. The van der Waals surface area contributed by atoms with Crippen molar-refractivity contribution in [3.8, 4) is 5.75 Å². The van der Waals surface area contributed by atoms with Crippen molar-refractivity contribution in [2.75, 3.05) is 0 Å². The van der Waals surface area contributed by atoms with Crippen LogP contribution in [0.15, 0.2) is 30.3 Å². The van der Waals surface area contributed by atoms with Gasteiger partial charge >= 0.3 is 6.09 Å². The molecule has 1 aliphatic rings. The molecule has 1 N–H and O–H groups in total. The molecule has 0 saturated carbocycles. The molecule has 14 heavy (non-hydrogen) atoms. The summed E-state index contributed by atoms with van der Waals surface area (Å²) >= 11 is 5.74. The lowest BCUT2D eigenvalue weighted by Crippen LogP contribution is -2.29. The third-order valence-electron chi connectivity index (χ3n) is 1.71. The van der Waals surface area contributed by atoms with Crippen LogP contribution < -0.4 is 10.1 Å². The summed E-state index contributed by atoms with van der Waals surface area (Å²) in [5.41, 5.74) is -0.650. The number of amides is 1. The Morgan fingerprint density at radius 3 is 2.64 bits per heavy atom. The van der Waals surface area contributed by atoms with Gasteiger partial charge in [-0.2, -0.15) is 0 Å². The molecule has 0 spiro atoms. The van der Waals surface area contributed by atoms with E-state index in [9.17, 15) is 4.79 Å². The molecule has 1 aromatic rings. The number of rotatable bonds is 2. The molecule has 5 heteroatoms. The van der Waals surface area contributed by atoms with E-state index < -0.39 is 17.9 Å². The summed E-state index contributed by atoms with van der Waals surface area (Å²) in [6.45, 7) is 0. The van der Waals surface area contributed by atoms with Gasteiger partial charge in [-0.1, -0.05) is 29.8 Å². The van der Waals surface area contributed by atoms with Crippen LogP contribution in [0.4, 0.5) is 4.79 Å². The maximum atomic E-state index is 10.8. The molecule has 0 aromatic heterocycles. The number of carbonyl (C=O) groups is 1. The Morgan fingerprint density at radius 2 is 2.07 bits per heavy atom. The average Bonchev–Trinajstić information content (AvgIpc) is 2.47. The Kier molecular flexibility index (Phi) is 2.45. The second-order valence-electron chi connectivity index (χ2n) is 2.75. The average molecular weight is 214 g/mol. The van der Waals surface area contributed by atoms with Crippen LogP contribution in [0.25, 0.3) is 0 Å². The summed E-state index contributed by atoms with van der Waals surface area (Å²) in [6, 6.07) is 9.03. The van der Waals surface area contributed by atoms with Crippen molar-refractivity contribution >= 4 is 17.7 Å². The van der Waals surface area contributed by atoms with E-state index in [1.807, 2.05) is 18.2 Å². The maximum absolute atomic E-state index is 10.8. The number of alkyl carbamates (subject to hydrolysis) is 1. The lowest BCUT2D eigenvalue weighted by molar-refractivity contribution is -0.00109. The van der Waals surface area contributed by atoms with E-state index in [-0.39, 0.29) is 0 Å². The summed E-state index contributed by atoms with van der Waals surface area (Å²) in [6.07, 6.45) is -1.34. The van der Waals surface area contributed by atoms with Crippen LogP contribution in [0, 0.1) is 0 Å². The molecule has 4 nitrogen and oxygen atoms in total. The van der Waals surface area contributed by atoms with Crippen molar-refractivity contribution in [3.05, 3.63) is 30.3 Å². The number of alkyl halides is 1. The normalized spacial score (nSPS) is 25.4. The van der Waals surface area contributed by atoms with Crippen molar-refractivity contribution in [3.63, 3.8) is 0 Å². The van der Waals surface area contributed by atoms with E-state index in [2.05, 4.69) is 5.32 Å². The summed E-state index contributed by atoms with van der Waals surface area (Å²) in [5.74, 6) is 0.611. The minimum Gasteiger partial charge on any atom is -0.451 e. The maximum Gasteiger partial charge on any atom is 0.411 e. The zero-order valence-corrected chi connectivity index (χ0v) is 7.90. The molecule has 2 atom stereocenters. The van der Waals surface area contributed by atoms with E-state index in [1.165, 1.54) is 0 Å². The Balaban J connectivity index is 2.02. The van der Waals surface area contributed by atoms with Gasteiger partial charge < -0.3 is 9.47 Å². The second-order valence-corrected chi connectivity index (χ2v) is 3.22. The Labute approximate surface area is 85.8 Å². The summed E-state index contributed by atoms with van der Waals surface area (Å²) in [5, 5.41) is 2.37. The van der Waals surface area contributed by atoms with Crippen molar-refractivity contribution in [2.24, 2.45) is 0 Å². The molecule has 1 saturated heterocycles. The molecular formula is C9H8ClNO3. The third-order valence-corrected chi connectivity index (χ3v) is 2.03. The minimum absolute atomic E-state index is 0.564. The first kappa shape index (κ1) is 9.15. The molecule has 0 bridgehead atoms. The van der Waals surface area contributed by atoms with Gasteiger partial charge in [0.1, 0.15) is 5.75 Å². The zero-order chi connectivity index (χ0) is 9.97. The van der Waals surface area contributed by atoms with Crippen LogP contribution in [-0.2, 0) is 4.74 Å². The fourth-order valence-corrected chi connectivity index (χ4v) is 1.29. The number of carbonyl (C=O) groups excluding carboxylic acids is 1. The van der Waals surface area contributed by atoms with Crippen molar-refractivity contribution in [2.45, 2.75) is 11.8 Å². The van der Waals surface area contributed by atoms with Gasteiger partial charge in [0.05, 0.1) is 0 Å². The number of benzene rings is 1. The number of nitrogens with one attached hydrogen (secondary N) is 1. The number of hydrogen-bond acceptors (Lipinski definition) is 3. The van der Waals surface area contributed by atoms with Crippen molar-refractivity contribution < 1.29 is 14.3 Å². The van der Waals surface area contributed by atoms with Crippen LogP contribution in [-0.4, -0.2) is 17.9 Å². The topological polar surface area (TPSA) is 47.6 Å². The monoisotopic (exact) mass is 213 g/mol. The predicted octanol–water partition coefficient (Wildman–Crippen LogP) is 1.70. The predicted molar refractivity (Wildman–Crippen MR) is 50.1 cm³/mol. The van der Waals surface area contributed by atoms with E-state index in [0.717, 1.165) is 0 Å². The van der Waals surface area contributed by atoms with E-state index >= 15 is 0 Å². The van der Waals surface area contributed by atoms with Crippen LogP contribution in [0.5, 0.6) is 5.75 Å². The SMILES string of the molecule is O=C1NC(Cl)C(Oc2ccccc2)O1. The largest absolute Gasteiger partial charge is 0.451 e. The molecule has 2 unspecified atom stereocenters. The molecule has 1 aliphatic heterocycles. The van der Waals surface area contributed by atoms with Gasteiger partial charge in [-0.3, -0.25) is 5.32 Å². The summed E-state index contributed by atoms with van der Waals surface area (Å²) in [4.78, 5) is 10.8.